The zero-order valence-electron chi connectivity index (χ0n) is 24.8. The van der Waals surface area contributed by atoms with E-state index in [1.165, 1.54) is 12.1 Å². The number of amides is 1. The van der Waals surface area contributed by atoms with Crippen LogP contribution in [0.15, 0.2) is 41.3 Å². The van der Waals surface area contributed by atoms with Crippen molar-refractivity contribution in [2.45, 2.75) is 67.5 Å². The summed E-state index contributed by atoms with van der Waals surface area (Å²) in [6, 6.07) is 9.81. The van der Waals surface area contributed by atoms with E-state index in [1.807, 2.05) is 31.2 Å². The van der Waals surface area contributed by atoms with Crippen molar-refractivity contribution < 1.29 is 41.8 Å². The van der Waals surface area contributed by atoms with Crippen molar-refractivity contribution in [3.05, 3.63) is 52.5 Å². The fraction of sp³-hybridized carbons (Fsp3) is 0.484. The summed E-state index contributed by atoms with van der Waals surface area (Å²) in [6.07, 6.45) is 3.55. The Bertz CT molecular complexity index is 1540. The van der Waals surface area contributed by atoms with E-state index in [0.29, 0.717) is 25.4 Å². The average Bonchev–Trinajstić information content (AvgIpc) is 3.51. The molecule has 2 heterocycles. The second-order valence-electron chi connectivity index (χ2n) is 11.0. The second kappa shape index (κ2) is 15.4. The molecule has 0 N–H and O–H groups in total. The topological polar surface area (TPSA) is 133 Å². The SMILES string of the molecule is CC1COc2ccccc2N1C(=O)C(Cl)Cl.CS(=O)(=O)c1ccc(C(=O)C2C(=O)CCCC2=O)c(Cl)c1COCC1CCCO1. The van der Waals surface area contributed by atoms with Crippen molar-refractivity contribution >= 4 is 73.6 Å². The normalized spacial score (nSPS) is 20.4. The highest BCUT2D eigenvalue weighted by Gasteiger charge is 2.38. The lowest BCUT2D eigenvalue weighted by molar-refractivity contribution is -0.133. The maximum absolute atomic E-state index is 12.9. The molecule has 2 atom stereocenters. The summed E-state index contributed by atoms with van der Waals surface area (Å²) in [5.74, 6) is -2.54. The predicted molar refractivity (Wildman–Crippen MR) is 169 cm³/mol. The quantitative estimate of drug-likeness (QED) is 0.208. The molecule has 1 amide bonds. The number of halogens is 3. The average molecular weight is 703 g/mol. The van der Waals surface area contributed by atoms with Crippen molar-refractivity contribution in [3.8, 4) is 5.75 Å². The van der Waals surface area contributed by atoms with Gasteiger partial charge in [-0.1, -0.05) is 46.9 Å². The first kappa shape index (κ1) is 35.3. The number of anilines is 1. The predicted octanol–water partition coefficient (Wildman–Crippen LogP) is 5.16. The van der Waals surface area contributed by atoms with Gasteiger partial charge in [0.15, 0.2) is 32.0 Å². The molecule has 14 heteroatoms. The third kappa shape index (κ3) is 8.44. The molecule has 1 saturated carbocycles. The van der Waals surface area contributed by atoms with Crippen LogP contribution in [0.2, 0.25) is 5.02 Å². The first-order chi connectivity index (χ1) is 21.3. The summed E-state index contributed by atoms with van der Waals surface area (Å²) in [6.45, 7) is 3.15. The first-order valence-corrected chi connectivity index (χ1v) is 17.6. The summed E-state index contributed by atoms with van der Waals surface area (Å²) in [5, 5.41) is -0.101. The largest absolute Gasteiger partial charge is 0.489 e. The molecule has 244 valence electrons. The van der Waals surface area contributed by atoms with Gasteiger partial charge in [-0.3, -0.25) is 19.2 Å². The number of alkyl halides is 2. The number of fused-ring (bicyclic) bond motifs is 1. The van der Waals surface area contributed by atoms with E-state index in [2.05, 4.69) is 0 Å². The number of ether oxygens (including phenoxy) is 3. The van der Waals surface area contributed by atoms with Crippen LogP contribution in [0.25, 0.3) is 0 Å². The fourth-order valence-corrected chi connectivity index (χ4v) is 6.94. The Morgan fingerprint density at radius 1 is 1.07 bits per heavy atom. The molecule has 2 aromatic carbocycles. The highest BCUT2D eigenvalue weighted by atomic mass is 35.5. The Morgan fingerprint density at radius 3 is 2.38 bits per heavy atom. The molecule has 1 saturated heterocycles. The highest BCUT2D eigenvalue weighted by Crippen LogP contribution is 2.35. The lowest BCUT2D eigenvalue weighted by Crippen LogP contribution is -2.47. The number of carbonyl (C=O) groups excluding carboxylic acids is 4. The van der Waals surface area contributed by atoms with Crippen LogP contribution >= 0.6 is 34.8 Å². The van der Waals surface area contributed by atoms with Crippen LogP contribution in [0.3, 0.4) is 0 Å². The molecule has 2 fully saturated rings. The number of benzene rings is 2. The summed E-state index contributed by atoms with van der Waals surface area (Å²) in [7, 11) is -3.64. The number of ketones is 3. The van der Waals surface area contributed by atoms with Gasteiger partial charge in [-0.05, 0) is 50.5 Å². The minimum atomic E-state index is -3.64. The molecule has 10 nitrogen and oxygen atoms in total. The van der Waals surface area contributed by atoms with E-state index in [0.717, 1.165) is 24.8 Å². The lowest BCUT2D eigenvalue weighted by Gasteiger charge is -2.35. The Balaban J connectivity index is 0.000000242. The molecule has 2 aliphatic heterocycles. The monoisotopic (exact) mass is 701 g/mol. The Hall–Kier alpha value is -2.54. The van der Waals surface area contributed by atoms with Crippen molar-refractivity contribution in [1.29, 1.82) is 0 Å². The first-order valence-electron chi connectivity index (χ1n) is 14.4. The van der Waals surface area contributed by atoms with Crippen LogP contribution in [-0.4, -0.2) is 74.7 Å². The molecule has 2 unspecified atom stereocenters. The minimum Gasteiger partial charge on any atom is -0.489 e. The number of hydrogen-bond donors (Lipinski definition) is 0. The lowest BCUT2D eigenvalue weighted by atomic mass is 9.81. The molecular formula is C31H34Cl3NO9S. The maximum Gasteiger partial charge on any atom is 0.260 e. The van der Waals surface area contributed by atoms with Crippen LogP contribution in [0.5, 0.6) is 5.75 Å². The molecule has 0 bridgehead atoms. The molecule has 0 radical (unpaired) electrons. The van der Waals surface area contributed by atoms with Crippen molar-refractivity contribution in [3.63, 3.8) is 0 Å². The third-order valence-electron chi connectivity index (χ3n) is 7.66. The van der Waals surface area contributed by atoms with Crippen molar-refractivity contribution in [1.82, 2.24) is 0 Å². The van der Waals surface area contributed by atoms with E-state index in [4.69, 9.17) is 49.0 Å². The van der Waals surface area contributed by atoms with Crippen molar-refractivity contribution in [2.24, 2.45) is 5.92 Å². The van der Waals surface area contributed by atoms with Gasteiger partial charge in [0.2, 0.25) is 0 Å². The smallest absolute Gasteiger partial charge is 0.260 e. The van der Waals surface area contributed by atoms with Gasteiger partial charge in [-0.2, -0.15) is 0 Å². The number of para-hydroxylation sites is 2. The Morgan fingerprint density at radius 2 is 1.76 bits per heavy atom. The molecule has 3 aliphatic rings. The maximum atomic E-state index is 12.9. The highest BCUT2D eigenvalue weighted by molar-refractivity contribution is 7.90. The number of nitrogens with zero attached hydrogens (tertiary/aromatic N) is 1. The summed E-state index contributed by atoms with van der Waals surface area (Å²) >= 11 is 17.7. The van der Waals surface area contributed by atoms with Gasteiger partial charge in [0.05, 0.1) is 41.0 Å². The summed E-state index contributed by atoms with van der Waals surface area (Å²) in [5.41, 5.74) is 0.828. The summed E-state index contributed by atoms with van der Waals surface area (Å²) in [4.78, 5) is 49.6. The van der Waals surface area contributed by atoms with Crippen LogP contribution in [0, 0.1) is 5.92 Å². The van der Waals surface area contributed by atoms with E-state index >= 15 is 0 Å². The van der Waals surface area contributed by atoms with Gasteiger partial charge in [0.1, 0.15) is 18.3 Å². The minimum absolute atomic E-state index is 0.0385. The second-order valence-corrected chi connectivity index (χ2v) is 14.5. The zero-order valence-corrected chi connectivity index (χ0v) is 27.9. The van der Waals surface area contributed by atoms with E-state index in [-0.39, 0.29) is 65.2 Å². The third-order valence-corrected chi connectivity index (χ3v) is 9.65. The van der Waals surface area contributed by atoms with Crippen molar-refractivity contribution in [2.75, 3.05) is 31.0 Å². The Labute approximate surface area is 277 Å². The van der Waals surface area contributed by atoms with E-state index < -0.39 is 37.9 Å². The van der Waals surface area contributed by atoms with Crippen LogP contribution in [0.4, 0.5) is 5.69 Å². The number of Topliss-reactive ketones (excluding diaryl/α,β-unsaturated/α-hetero) is 3. The Kier molecular flexibility index (Phi) is 12.1. The number of hydrogen-bond acceptors (Lipinski definition) is 9. The molecule has 5 rings (SSSR count). The molecule has 1 aliphatic carbocycles. The van der Waals surface area contributed by atoms with Gasteiger partial charge >= 0.3 is 0 Å². The number of rotatable bonds is 8. The van der Waals surface area contributed by atoms with Gasteiger partial charge in [-0.15, -0.1) is 0 Å². The molecule has 0 aromatic heterocycles. The number of carbonyl (C=O) groups is 4. The van der Waals surface area contributed by atoms with E-state index in [9.17, 15) is 27.6 Å². The molecular weight excluding hydrogens is 669 g/mol. The van der Waals surface area contributed by atoms with E-state index in [1.54, 1.807) is 4.90 Å². The molecule has 45 heavy (non-hydrogen) atoms. The van der Waals surface area contributed by atoms with Gasteiger partial charge in [0.25, 0.3) is 5.91 Å². The fourth-order valence-electron chi connectivity index (χ4n) is 5.44. The van der Waals surface area contributed by atoms with Gasteiger partial charge < -0.3 is 19.1 Å². The number of sulfone groups is 1. The van der Waals surface area contributed by atoms with Gasteiger partial charge in [0, 0.05) is 36.8 Å². The van der Waals surface area contributed by atoms with Crippen LogP contribution in [-0.2, 0) is 40.3 Å². The molecule has 0 spiro atoms. The van der Waals surface area contributed by atoms with Crippen LogP contribution in [0.1, 0.15) is 54.9 Å². The summed E-state index contributed by atoms with van der Waals surface area (Å²) < 4.78 is 41.0. The molecule has 2 aromatic rings. The van der Waals surface area contributed by atoms with Crippen LogP contribution < -0.4 is 9.64 Å². The zero-order chi connectivity index (χ0) is 32.9. The standard InChI is InChI=1S/C20H23ClO7S.C11H11Cl2NO2/c1-29(25,26)17-8-7-13(20(24)18-15(22)5-2-6-16(18)23)19(21)14(17)11-27-10-12-4-3-9-28-12;1-7-6-16-9-5-3-2-4-8(9)14(7)11(15)10(12)13/h7-8,12,18H,2-6,9-11H2,1H3;2-5,7,10H,6H2,1H3. The van der Waals surface area contributed by atoms with Gasteiger partial charge in [-0.25, -0.2) is 8.42 Å².